The van der Waals surface area contributed by atoms with Crippen LogP contribution in [0.15, 0.2) is 47.4 Å². The summed E-state index contributed by atoms with van der Waals surface area (Å²) < 4.78 is 1.57. The quantitative estimate of drug-likeness (QED) is 0.937. The lowest BCUT2D eigenvalue weighted by molar-refractivity contribution is 0.236. The van der Waals surface area contributed by atoms with E-state index in [0.717, 1.165) is 24.2 Å². The molecule has 0 bridgehead atoms. The molecule has 1 saturated heterocycles. The third-order valence-electron chi connectivity index (χ3n) is 4.76. The van der Waals surface area contributed by atoms with Gasteiger partial charge in [0.05, 0.1) is 6.54 Å². The summed E-state index contributed by atoms with van der Waals surface area (Å²) in [5.74, 6) is -0.101. The third-order valence-corrected chi connectivity index (χ3v) is 4.76. The van der Waals surface area contributed by atoms with Crippen LogP contribution in [0.3, 0.4) is 0 Å². The molecule has 1 aromatic carbocycles. The Morgan fingerprint density at radius 1 is 0.875 bits per heavy atom. The number of aromatic hydroxyl groups is 1. The molecule has 0 radical (unpaired) electrons. The number of benzene rings is 1. The van der Waals surface area contributed by atoms with E-state index in [4.69, 9.17) is 0 Å². The number of hydrogen-bond acceptors (Lipinski definition) is 3. The molecule has 2 aromatic rings. The maximum Gasteiger partial charge on any atom is 0.293 e. The van der Waals surface area contributed by atoms with Crippen molar-refractivity contribution in [2.24, 2.45) is 0 Å². The molecule has 4 nitrogen and oxygen atoms in total. The summed E-state index contributed by atoms with van der Waals surface area (Å²) in [5.41, 5.74) is 1.49. The Kier molecular flexibility index (Phi) is 5.70. The van der Waals surface area contributed by atoms with Gasteiger partial charge in [0.2, 0.25) is 0 Å². The van der Waals surface area contributed by atoms with Gasteiger partial charge in [0, 0.05) is 18.3 Å². The zero-order valence-corrected chi connectivity index (χ0v) is 14.2. The minimum atomic E-state index is -0.302. The predicted octanol–water partition coefficient (Wildman–Crippen LogP) is 3.37. The molecule has 1 aliphatic rings. The average Bonchev–Trinajstić information content (AvgIpc) is 2.57. The molecular formula is C20H26N2O2. The van der Waals surface area contributed by atoms with Crippen molar-refractivity contribution in [2.45, 2.75) is 45.2 Å². The highest BCUT2D eigenvalue weighted by Gasteiger charge is 2.14. The van der Waals surface area contributed by atoms with Crippen LogP contribution in [0.4, 0.5) is 0 Å². The SMILES string of the molecule is O=c1c(O)c(CN2CCCCCCC2)ccn1Cc1ccccc1. The molecule has 128 valence electrons. The molecule has 1 aromatic heterocycles. The minimum Gasteiger partial charge on any atom is -0.503 e. The van der Waals surface area contributed by atoms with Gasteiger partial charge in [0.25, 0.3) is 5.56 Å². The molecule has 2 heterocycles. The van der Waals surface area contributed by atoms with Gasteiger partial charge in [-0.1, -0.05) is 49.6 Å². The monoisotopic (exact) mass is 326 g/mol. The first-order valence-electron chi connectivity index (χ1n) is 8.91. The molecular weight excluding hydrogens is 300 g/mol. The van der Waals surface area contributed by atoms with Crippen molar-refractivity contribution in [3.63, 3.8) is 0 Å². The van der Waals surface area contributed by atoms with Gasteiger partial charge < -0.3 is 9.67 Å². The molecule has 0 saturated carbocycles. The summed E-state index contributed by atoms with van der Waals surface area (Å²) in [6.07, 6.45) is 8.09. The smallest absolute Gasteiger partial charge is 0.293 e. The van der Waals surface area contributed by atoms with E-state index in [2.05, 4.69) is 4.90 Å². The Morgan fingerprint density at radius 2 is 1.54 bits per heavy atom. The Labute approximate surface area is 143 Å². The van der Waals surface area contributed by atoms with E-state index in [1.165, 1.54) is 32.1 Å². The first-order valence-corrected chi connectivity index (χ1v) is 8.91. The van der Waals surface area contributed by atoms with Crippen molar-refractivity contribution in [3.05, 3.63) is 64.1 Å². The van der Waals surface area contributed by atoms with Gasteiger partial charge in [0.1, 0.15) is 0 Å². The van der Waals surface area contributed by atoms with Gasteiger partial charge in [-0.15, -0.1) is 0 Å². The summed E-state index contributed by atoms with van der Waals surface area (Å²) >= 11 is 0. The van der Waals surface area contributed by atoms with Crippen LogP contribution in [0.5, 0.6) is 5.75 Å². The lowest BCUT2D eigenvalue weighted by Gasteiger charge is -2.24. The van der Waals surface area contributed by atoms with Crippen molar-refractivity contribution in [3.8, 4) is 5.75 Å². The van der Waals surface area contributed by atoms with Crippen LogP contribution in [0.1, 0.15) is 43.2 Å². The molecule has 1 fully saturated rings. The maximum absolute atomic E-state index is 12.5. The number of aromatic nitrogens is 1. The van der Waals surface area contributed by atoms with Gasteiger partial charge >= 0.3 is 0 Å². The average molecular weight is 326 g/mol. The van der Waals surface area contributed by atoms with Gasteiger partial charge in [-0.25, -0.2) is 0 Å². The first-order chi connectivity index (χ1) is 11.7. The molecule has 0 amide bonds. The highest BCUT2D eigenvalue weighted by atomic mass is 16.3. The molecule has 24 heavy (non-hydrogen) atoms. The molecule has 4 heteroatoms. The number of nitrogens with zero attached hydrogens (tertiary/aromatic N) is 2. The minimum absolute atomic E-state index is 0.101. The van der Waals surface area contributed by atoms with E-state index in [1.807, 2.05) is 36.4 Å². The molecule has 0 spiro atoms. The standard InChI is InChI=1S/C20H26N2O2/c23-19-18(16-21-12-7-2-1-3-8-13-21)11-14-22(20(19)24)15-17-9-5-4-6-10-17/h4-6,9-11,14,23H,1-3,7-8,12-13,15-16H2. The predicted molar refractivity (Wildman–Crippen MR) is 96.3 cm³/mol. The summed E-state index contributed by atoms with van der Waals surface area (Å²) in [6.45, 7) is 3.24. The van der Waals surface area contributed by atoms with E-state index in [9.17, 15) is 9.90 Å². The second-order valence-electron chi connectivity index (χ2n) is 6.65. The lowest BCUT2D eigenvalue weighted by Crippen LogP contribution is -2.28. The second-order valence-corrected chi connectivity index (χ2v) is 6.65. The Balaban J connectivity index is 1.73. The Morgan fingerprint density at radius 3 is 2.25 bits per heavy atom. The highest BCUT2D eigenvalue weighted by molar-refractivity contribution is 5.29. The number of hydrogen-bond donors (Lipinski definition) is 1. The topological polar surface area (TPSA) is 45.5 Å². The number of rotatable bonds is 4. The van der Waals surface area contributed by atoms with Crippen LogP contribution in [0.25, 0.3) is 0 Å². The van der Waals surface area contributed by atoms with Crippen molar-refractivity contribution in [1.82, 2.24) is 9.47 Å². The molecule has 0 atom stereocenters. The summed E-state index contributed by atoms with van der Waals surface area (Å²) in [4.78, 5) is 14.8. The summed E-state index contributed by atoms with van der Waals surface area (Å²) in [6, 6.07) is 11.7. The third kappa shape index (κ3) is 4.26. The number of likely N-dealkylation sites (tertiary alicyclic amines) is 1. The van der Waals surface area contributed by atoms with E-state index in [0.29, 0.717) is 13.1 Å². The molecule has 0 aliphatic carbocycles. The van der Waals surface area contributed by atoms with Gasteiger partial charge in [-0.2, -0.15) is 0 Å². The van der Waals surface area contributed by atoms with Crippen LogP contribution in [-0.2, 0) is 13.1 Å². The second kappa shape index (κ2) is 8.15. The largest absolute Gasteiger partial charge is 0.503 e. The van der Waals surface area contributed by atoms with E-state index >= 15 is 0 Å². The van der Waals surface area contributed by atoms with E-state index < -0.39 is 0 Å². The van der Waals surface area contributed by atoms with Gasteiger partial charge in [-0.05, 0) is 37.6 Å². The zero-order chi connectivity index (χ0) is 16.8. The lowest BCUT2D eigenvalue weighted by atomic mass is 10.1. The maximum atomic E-state index is 12.5. The molecule has 3 rings (SSSR count). The van der Waals surface area contributed by atoms with Crippen LogP contribution < -0.4 is 5.56 Å². The van der Waals surface area contributed by atoms with Gasteiger partial charge in [-0.3, -0.25) is 9.69 Å². The fraction of sp³-hybridized carbons (Fsp3) is 0.450. The fourth-order valence-electron chi connectivity index (χ4n) is 3.34. The van der Waals surface area contributed by atoms with Crippen molar-refractivity contribution < 1.29 is 5.11 Å². The van der Waals surface area contributed by atoms with Crippen LogP contribution >= 0.6 is 0 Å². The van der Waals surface area contributed by atoms with Crippen molar-refractivity contribution in [1.29, 1.82) is 0 Å². The van der Waals surface area contributed by atoms with E-state index in [-0.39, 0.29) is 11.3 Å². The van der Waals surface area contributed by atoms with Gasteiger partial charge in [0.15, 0.2) is 5.75 Å². The van der Waals surface area contributed by atoms with Crippen LogP contribution in [0, 0.1) is 0 Å². The normalized spacial score (nSPS) is 16.5. The molecule has 1 aliphatic heterocycles. The van der Waals surface area contributed by atoms with Crippen LogP contribution in [0.2, 0.25) is 0 Å². The highest BCUT2D eigenvalue weighted by Crippen LogP contribution is 2.17. The van der Waals surface area contributed by atoms with E-state index in [1.54, 1.807) is 10.8 Å². The Bertz CT molecular complexity index is 701. The summed E-state index contributed by atoms with van der Waals surface area (Å²) in [7, 11) is 0. The zero-order valence-electron chi connectivity index (χ0n) is 14.2. The Hall–Kier alpha value is -2.07. The van der Waals surface area contributed by atoms with Crippen LogP contribution in [-0.4, -0.2) is 27.7 Å². The molecule has 1 N–H and O–H groups in total. The number of pyridine rings is 1. The summed E-state index contributed by atoms with van der Waals surface area (Å²) in [5, 5.41) is 10.4. The first kappa shape index (κ1) is 16.8. The fourth-order valence-corrected chi connectivity index (χ4v) is 3.34. The van der Waals surface area contributed by atoms with Crippen molar-refractivity contribution in [2.75, 3.05) is 13.1 Å². The van der Waals surface area contributed by atoms with Crippen molar-refractivity contribution >= 4 is 0 Å². The molecule has 0 unspecified atom stereocenters.